The summed E-state index contributed by atoms with van der Waals surface area (Å²) in [5.74, 6) is 0.534. The molecule has 19 heavy (non-hydrogen) atoms. The normalized spacial score (nSPS) is 17.7. The van der Waals surface area contributed by atoms with Crippen LogP contribution in [-0.4, -0.2) is 6.54 Å². The summed E-state index contributed by atoms with van der Waals surface area (Å²) in [5.41, 5.74) is 6.86. The molecule has 2 heteroatoms. The predicted molar refractivity (Wildman–Crippen MR) is 82.3 cm³/mol. The summed E-state index contributed by atoms with van der Waals surface area (Å²) >= 11 is 5.95. The Morgan fingerprint density at radius 3 is 2.53 bits per heavy atom. The van der Waals surface area contributed by atoms with Gasteiger partial charge in [-0.1, -0.05) is 35.9 Å². The first-order valence-corrected chi connectivity index (χ1v) is 7.11. The van der Waals surface area contributed by atoms with Gasteiger partial charge in [0.05, 0.1) is 0 Å². The molecule has 0 saturated carbocycles. The number of hydrogen-bond donors (Lipinski definition) is 1. The third-order valence-electron chi connectivity index (χ3n) is 4.16. The highest BCUT2D eigenvalue weighted by Gasteiger charge is 2.21. The second kappa shape index (κ2) is 4.90. The van der Waals surface area contributed by atoms with Crippen LogP contribution >= 0.6 is 11.6 Å². The van der Waals surface area contributed by atoms with Gasteiger partial charge in [-0.2, -0.15) is 0 Å². The molecule has 0 fully saturated rings. The van der Waals surface area contributed by atoms with Crippen LogP contribution in [0, 0.1) is 13.8 Å². The number of nitrogens with one attached hydrogen (secondary N) is 1. The molecule has 0 spiro atoms. The molecule has 98 valence electrons. The molecule has 0 amide bonds. The number of fused-ring (bicyclic) bond motifs is 1. The number of aryl methyl sites for hydroxylation is 1. The van der Waals surface area contributed by atoms with Crippen molar-refractivity contribution in [3.05, 3.63) is 63.7 Å². The molecule has 1 nitrogen and oxygen atoms in total. The fourth-order valence-electron chi connectivity index (χ4n) is 2.82. The average Bonchev–Trinajstić information content (AvgIpc) is 2.43. The van der Waals surface area contributed by atoms with E-state index in [1.165, 1.54) is 27.9 Å². The summed E-state index contributed by atoms with van der Waals surface area (Å²) in [5, 5.41) is 4.41. The zero-order valence-corrected chi connectivity index (χ0v) is 12.1. The first kappa shape index (κ1) is 12.6. The van der Waals surface area contributed by atoms with Crippen molar-refractivity contribution in [2.45, 2.75) is 26.2 Å². The highest BCUT2D eigenvalue weighted by atomic mass is 35.5. The molecule has 1 aliphatic rings. The van der Waals surface area contributed by atoms with E-state index in [4.69, 9.17) is 11.6 Å². The molecular formula is C17H18ClN. The van der Waals surface area contributed by atoms with Crippen LogP contribution in [0.3, 0.4) is 0 Å². The van der Waals surface area contributed by atoms with E-state index >= 15 is 0 Å². The molecular weight excluding hydrogens is 254 g/mol. The zero-order chi connectivity index (χ0) is 13.4. The third kappa shape index (κ3) is 2.35. The van der Waals surface area contributed by atoms with Crippen LogP contribution in [0.15, 0.2) is 36.4 Å². The molecule has 1 heterocycles. The minimum absolute atomic E-state index is 0.534. The van der Waals surface area contributed by atoms with Gasteiger partial charge >= 0.3 is 0 Å². The molecule has 0 saturated heterocycles. The molecule has 2 aromatic carbocycles. The molecule has 1 aliphatic heterocycles. The van der Waals surface area contributed by atoms with Crippen LogP contribution in [0.25, 0.3) is 0 Å². The van der Waals surface area contributed by atoms with Crippen molar-refractivity contribution in [3.63, 3.8) is 0 Å². The minimum Gasteiger partial charge on any atom is -0.384 e. The van der Waals surface area contributed by atoms with E-state index in [1.54, 1.807) is 0 Å². The molecule has 1 atom stereocenters. The van der Waals surface area contributed by atoms with Crippen molar-refractivity contribution in [2.24, 2.45) is 0 Å². The van der Waals surface area contributed by atoms with Gasteiger partial charge < -0.3 is 5.32 Å². The summed E-state index contributed by atoms with van der Waals surface area (Å²) in [4.78, 5) is 0. The fourth-order valence-corrected chi connectivity index (χ4v) is 2.95. The van der Waals surface area contributed by atoms with Crippen LogP contribution in [0.2, 0.25) is 5.02 Å². The third-order valence-corrected chi connectivity index (χ3v) is 4.41. The van der Waals surface area contributed by atoms with E-state index in [-0.39, 0.29) is 0 Å². The summed E-state index contributed by atoms with van der Waals surface area (Å²) in [7, 11) is 0. The summed E-state index contributed by atoms with van der Waals surface area (Å²) in [6, 6.07) is 12.7. The van der Waals surface area contributed by atoms with E-state index in [9.17, 15) is 0 Å². The van der Waals surface area contributed by atoms with Gasteiger partial charge in [-0.15, -0.1) is 0 Å². The van der Waals surface area contributed by atoms with E-state index in [2.05, 4.69) is 43.4 Å². The maximum Gasteiger partial charge on any atom is 0.0406 e. The number of anilines is 1. The van der Waals surface area contributed by atoms with Gasteiger partial charge in [0.1, 0.15) is 0 Å². The Hall–Kier alpha value is -1.47. The first-order valence-electron chi connectivity index (χ1n) is 6.73. The van der Waals surface area contributed by atoms with Gasteiger partial charge in [0.15, 0.2) is 0 Å². The lowest BCUT2D eigenvalue weighted by Crippen LogP contribution is -2.22. The Bertz CT molecular complexity index is 601. The zero-order valence-electron chi connectivity index (χ0n) is 11.3. The van der Waals surface area contributed by atoms with Crippen LogP contribution in [-0.2, 0) is 6.42 Å². The molecule has 1 N–H and O–H groups in total. The monoisotopic (exact) mass is 271 g/mol. The van der Waals surface area contributed by atoms with Crippen LogP contribution in [0.1, 0.15) is 28.2 Å². The number of hydrogen-bond acceptors (Lipinski definition) is 1. The van der Waals surface area contributed by atoms with E-state index in [0.717, 1.165) is 18.0 Å². The Morgan fingerprint density at radius 1 is 1.05 bits per heavy atom. The molecule has 0 radical (unpaired) electrons. The highest BCUT2D eigenvalue weighted by Crippen LogP contribution is 2.34. The molecule has 1 unspecified atom stereocenters. The lowest BCUT2D eigenvalue weighted by molar-refractivity contribution is 0.693. The number of rotatable bonds is 1. The van der Waals surface area contributed by atoms with Gasteiger partial charge in [-0.05, 0) is 54.7 Å². The molecule has 0 bridgehead atoms. The molecule has 3 rings (SSSR count). The quantitative estimate of drug-likeness (QED) is 0.792. The van der Waals surface area contributed by atoms with Gasteiger partial charge in [-0.25, -0.2) is 0 Å². The van der Waals surface area contributed by atoms with Gasteiger partial charge in [-0.3, -0.25) is 0 Å². The van der Waals surface area contributed by atoms with E-state index in [0.29, 0.717) is 5.92 Å². The molecule has 0 aliphatic carbocycles. The summed E-state index contributed by atoms with van der Waals surface area (Å²) in [6.45, 7) is 5.37. The van der Waals surface area contributed by atoms with Crippen molar-refractivity contribution in [2.75, 3.05) is 11.9 Å². The summed E-state index contributed by atoms with van der Waals surface area (Å²) in [6.07, 6.45) is 1.10. The smallest absolute Gasteiger partial charge is 0.0406 e. The van der Waals surface area contributed by atoms with E-state index < -0.39 is 0 Å². The number of benzene rings is 2. The standard InChI is InChI=1S/C17H18ClN/c1-11-3-4-14-9-15(10-19-17(14)12(11)2)13-5-7-16(18)8-6-13/h3-8,15,19H,9-10H2,1-2H3. The van der Waals surface area contributed by atoms with Gasteiger partial charge in [0.2, 0.25) is 0 Å². The summed E-state index contributed by atoms with van der Waals surface area (Å²) < 4.78 is 0. The van der Waals surface area contributed by atoms with Crippen LogP contribution < -0.4 is 5.32 Å². The van der Waals surface area contributed by atoms with Gasteiger partial charge in [0, 0.05) is 23.2 Å². The van der Waals surface area contributed by atoms with Crippen molar-refractivity contribution in [1.29, 1.82) is 0 Å². The van der Waals surface area contributed by atoms with Crippen molar-refractivity contribution >= 4 is 17.3 Å². The lowest BCUT2D eigenvalue weighted by atomic mass is 9.86. The van der Waals surface area contributed by atoms with Gasteiger partial charge in [0.25, 0.3) is 0 Å². The number of halogens is 1. The Labute approximate surface area is 119 Å². The molecule has 2 aromatic rings. The van der Waals surface area contributed by atoms with Crippen molar-refractivity contribution in [3.8, 4) is 0 Å². The average molecular weight is 272 g/mol. The highest BCUT2D eigenvalue weighted by molar-refractivity contribution is 6.30. The SMILES string of the molecule is Cc1ccc2c(c1C)NCC(c1ccc(Cl)cc1)C2. The Morgan fingerprint density at radius 2 is 1.79 bits per heavy atom. The van der Waals surface area contributed by atoms with Crippen molar-refractivity contribution < 1.29 is 0 Å². The van der Waals surface area contributed by atoms with E-state index in [1.807, 2.05) is 12.1 Å². The molecule has 0 aromatic heterocycles. The largest absolute Gasteiger partial charge is 0.384 e. The minimum atomic E-state index is 0.534. The van der Waals surface area contributed by atoms with Crippen LogP contribution in [0.4, 0.5) is 5.69 Å². The lowest BCUT2D eigenvalue weighted by Gasteiger charge is -2.28. The van der Waals surface area contributed by atoms with Crippen molar-refractivity contribution in [1.82, 2.24) is 0 Å². The Kier molecular flexibility index (Phi) is 3.24. The predicted octanol–water partition coefficient (Wildman–Crippen LogP) is 4.71. The first-order chi connectivity index (χ1) is 9.15. The second-order valence-corrected chi connectivity index (χ2v) is 5.81. The maximum atomic E-state index is 5.95. The fraction of sp³-hybridized carbons (Fsp3) is 0.294. The second-order valence-electron chi connectivity index (χ2n) is 5.38. The maximum absolute atomic E-state index is 5.95. The Balaban J connectivity index is 1.90. The topological polar surface area (TPSA) is 12.0 Å². The van der Waals surface area contributed by atoms with Crippen LogP contribution in [0.5, 0.6) is 0 Å².